The molecule has 0 aliphatic carbocycles. The van der Waals surface area contributed by atoms with Gasteiger partial charge in [-0.25, -0.2) is 4.98 Å². The van der Waals surface area contributed by atoms with E-state index in [1.807, 2.05) is 31.4 Å². The van der Waals surface area contributed by atoms with Crippen LogP contribution in [0, 0.1) is 6.92 Å². The van der Waals surface area contributed by atoms with Crippen LogP contribution in [0.2, 0.25) is 0 Å². The molecular formula is C12H17N3OS. The molecule has 2 aromatic rings. The van der Waals surface area contributed by atoms with Crippen molar-refractivity contribution in [2.45, 2.75) is 33.0 Å². The van der Waals surface area contributed by atoms with E-state index < -0.39 is 0 Å². The van der Waals surface area contributed by atoms with E-state index in [0.29, 0.717) is 0 Å². The average Bonchev–Trinajstić information content (AvgIpc) is 2.88. The number of aryl methyl sites for hydroxylation is 1. The fourth-order valence-electron chi connectivity index (χ4n) is 1.51. The molecule has 2 rings (SSSR count). The number of hydrogen-bond acceptors (Lipinski definition) is 5. The minimum atomic E-state index is 0.0153. The molecule has 3 N–H and O–H groups in total. The third-order valence-electron chi connectivity index (χ3n) is 2.36. The molecule has 0 spiro atoms. The molecule has 2 aromatic heterocycles. The number of hydrogen-bond donors (Lipinski definition) is 2. The fraction of sp³-hybridized carbons (Fsp3) is 0.417. The van der Waals surface area contributed by atoms with E-state index in [4.69, 9.17) is 10.2 Å². The Hall–Kier alpha value is -1.17. The van der Waals surface area contributed by atoms with Crippen LogP contribution in [0.3, 0.4) is 0 Å². The highest BCUT2D eigenvalue weighted by molar-refractivity contribution is 7.09. The van der Waals surface area contributed by atoms with Crippen molar-refractivity contribution in [3.8, 4) is 0 Å². The van der Waals surface area contributed by atoms with E-state index in [9.17, 15) is 0 Å². The van der Waals surface area contributed by atoms with Crippen LogP contribution in [0.5, 0.6) is 0 Å². The first-order valence-electron chi connectivity index (χ1n) is 5.61. The van der Waals surface area contributed by atoms with Crippen molar-refractivity contribution >= 4 is 11.3 Å². The van der Waals surface area contributed by atoms with Crippen LogP contribution in [0.15, 0.2) is 21.9 Å². The number of rotatable bonds is 5. The molecule has 0 saturated carbocycles. The van der Waals surface area contributed by atoms with Crippen molar-refractivity contribution in [3.05, 3.63) is 39.7 Å². The highest BCUT2D eigenvalue weighted by atomic mass is 32.1. The van der Waals surface area contributed by atoms with Crippen molar-refractivity contribution in [2.24, 2.45) is 5.73 Å². The largest absolute Gasteiger partial charge is 0.465 e. The molecule has 4 nitrogen and oxygen atoms in total. The molecule has 0 fully saturated rings. The summed E-state index contributed by atoms with van der Waals surface area (Å²) in [6.45, 7) is 5.35. The standard InChI is InChI=1S/C12H17N3OS/c1-8-3-4-11(16-8)6-14-5-10-7-17-12(15-10)9(2)13/h3-4,7,9,14H,5-6,13H2,1-2H3. The normalized spacial score (nSPS) is 12.9. The summed E-state index contributed by atoms with van der Waals surface area (Å²) >= 11 is 1.61. The topological polar surface area (TPSA) is 64.1 Å². The van der Waals surface area contributed by atoms with Crippen LogP contribution >= 0.6 is 11.3 Å². The maximum absolute atomic E-state index is 5.76. The Morgan fingerprint density at radius 1 is 1.47 bits per heavy atom. The summed E-state index contributed by atoms with van der Waals surface area (Å²) in [6, 6.07) is 3.96. The smallest absolute Gasteiger partial charge is 0.117 e. The Kier molecular flexibility index (Phi) is 3.93. The molecule has 0 amide bonds. The molecule has 1 atom stereocenters. The van der Waals surface area contributed by atoms with Crippen molar-refractivity contribution in [2.75, 3.05) is 0 Å². The molecule has 0 aliphatic heterocycles. The zero-order valence-electron chi connectivity index (χ0n) is 10.1. The van der Waals surface area contributed by atoms with E-state index >= 15 is 0 Å². The number of thiazole rings is 1. The molecule has 2 heterocycles. The van der Waals surface area contributed by atoms with Gasteiger partial charge in [0.05, 0.1) is 18.3 Å². The first-order valence-corrected chi connectivity index (χ1v) is 6.49. The lowest BCUT2D eigenvalue weighted by Crippen LogP contribution is -2.13. The monoisotopic (exact) mass is 251 g/mol. The highest BCUT2D eigenvalue weighted by Crippen LogP contribution is 2.15. The third kappa shape index (κ3) is 3.39. The minimum absolute atomic E-state index is 0.0153. The van der Waals surface area contributed by atoms with Gasteiger partial charge in [0.2, 0.25) is 0 Å². The van der Waals surface area contributed by atoms with Gasteiger partial charge in [-0.2, -0.15) is 0 Å². The summed E-state index contributed by atoms with van der Waals surface area (Å²) < 4.78 is 5.46. The lowest BCUT2D eigenvalue weighted by atomic mass is 10.4. The lowest BCUT2D eigenvalue weighted by Gasteiger charge is -2.00. The van der Waals surface area contributed by atoms with E-state index in [1.165, 1.54) is 0 Å². The summed E-state index contributed by atoms with van der Waals surface area (Å²) in [5.74, 6) is 1.89. The van der Waals surface area contributed by atoms with Gasteiger partial charge in [-0.1, -0.05) is 0 Å². The van der Waals surface area contributed by atoms with E-state index in [0.717, 1.165) is 35.3 Å². The molecule has 0 radical (unpaired) electrons. The van der Waals surface area contributed by atoms with Crippen LogP contribution in [-0.2, 0) is 13.1 Å². The fourth-order valence-corrected chi connectivity index (χ4v) is 2.28. The second-order valence-corrected chi connectivity index (χ2v) is 4.97. The van der Waals surface area contributed by atoms with Crippen molar-refractivity contribution < 1.29 is 4.42 Å². The summed E-state index contributed by atoms with van der Waals surface area (Å²) in [6.07, 6.45) is 0. The summed E-state index contributed by atoms with van der Waals surface area (Å²) in [7, 11) is 0. The van der Waals surface area contributed by atoms with Gasteiger partial charge >= 0.3 is 0 Å². The van der Waals surface area contributed by atoms with Gasteiger partial charge in [0, 0.05) is 11.9 Å². The van der Waals surface area contributed by atoms with Gasteiger partial charge in [-0.15, -0.1) is 11.3 Å². The van der Waals surface area contributed by atoms with Gasteiger partial charge in [-0.05, 0) is 26.0 Å². The Morgan fingerprint density at radius 2 is 2.29 bits per heavy atom. The number of nitrogens with zero attached hydrogens (tertiary/aromatic N) is 1. The molecule has 17 heavy (non-hydrogen) atoms. The second kappa shape index (κ2) is 5.44. The van der Waals surface area contributed by atoms with E-state index in [2.05, 4.69) is 10.3 Å². The van der Waals surface area contributed by atoms with Gasteiger partial charge in [0.1, 0.15) is 16.5 Å². The Labute approximate surface area is 105 Å². The molecule has 5 heteroatoms. The number of nitrogens with two attached hydrogens (primary N) is 1. The Morgan fingerprint density at radius 3 is 2.88 bits per heavy atom. The zero-order chi connectivity index (χ0) is 12.3. The summed E-state index contributed by atoms with van der Waals surface area (Å²) in [5.41, 5.74) is 6.79. The first-order chi connectivity index (χ1) is 8.15. The Balaban J connectivity index is 1.81. The second-order valence-electron chi connectivity index (χ2n) is 4.08. The zero-order valence-corrected chi connectivity index (χ0v) is 10.9. The molecule has 1 unspecified atom stereocenters. The van der Waals surface area contributed by atoms with Crippen molar-refractivity contribution in [3.63, 3.8) is 0 Å². The number of aromatic nitrogens is 1. The van der Waals surface area contributed by atoms with E-state index in [-0.39, 0.29) is 6.04 Å². The number of nitrogens with one attached hydrogen (secondary N) is 1. The molecule has 92 valence electrons. The van der Waals surface area contributed by atoms with Gasteiger partial charge < -0.3 is 15.5 Å². The molecule has 0 aromatic carbocycles. The van der Waals surface area contributed by atoms with Crippen LogP contribution in [0.4, 0.5) is 0 Å². The molecule has 0 bridgehead atoms. The van der Waals surface area contributed by atoms with E-state index in [1.54, 1.807) is 11.3 Å². The quantitative estimate of drug-likeness (QED) is 0.856. The Bertz CT molecular complexity index is 476. The van der Waals surface area contributed by atoms with Gasteiger partial charge in [-0.3, -0.25) is 0 Å². The van der Waals surface area contributed by atoms with Crippen LogP contribution in [0.1, 0.15) is 35.2 Å². The van der Waals surface area contributed by atoms with Crippen LogP contribution in [-0.4, -0.2) is 4.98 Å². The van der Waals surface area contributed by atoms with Crippen LogP contribution < -0.4 is 11.1 Å². The predicted octanol–water partition coefficient (Wildman–Crippen LogP) is 2.35. The molecular weight excluding hydrogens is 234 g/mol. The summed E-state index contributed by atoms with van der Waals surface area (Å²) in [4.78, 5) is 4.45. The lowest BCUT2D eigenvalue weighted by molar-refractivity contribution is 0.461. The van der Waals surface area contributed by atoms with Gasteiger partial charge in [0.25, 0.3) is 0 Å². The average molecular weight is 251 g/mol. The summed E-state index contributed by atoms with van der Waals surface area (Å²) in [5, 5.41) is 6.32. The predicted molar refractivity (Wildman–Crippen MR) is 68.7 cm³/mol. The van der Waals surface area contributed by atoms with Crippen LogP contribution in [0.25, 0.3) is 0 Å². The minimum Gasteiger partial charge on any atom is -0.465 e. The van der Waals surface area contributed by atoms with Crippen molar-refractivity contribution in [1.29, 1.82) is 0 Å². The maximum atomic E-state index is 5.76. The SMILES string of the molecule is Cc1ccc(CNCc2csc(C(C)N)n2)o1. The first kappa shape index (κ1) is 12.3. The highest BCUT2D eigenvalue weighted by Gasteiger charge is 2.05. The number of furan rings is 1. The third-order valence-corrected chi connectivity index (χ3v) is 3.45. The van der Waals surface area contributed by atoms with Gasteiger partial charge in [0.15, 0.2) is 0 Å². The van der Waals surface area contributed by atoms with Crippen molar-refractivity contribution in [1.82, 2.24) is 10.3 Å². The maximum Gasteiger partial charge on any atom is 0.117 e. The molecule has 0 saturated heterocycles. The molecule has 0 aliphatic rings.